The number of ketones is 4. The predicted octanol–water partition coefficient (Wildman–Crippen LogP) is 15.5. The van der Waals surface area contributed by atoms with E-state index in [2.05, 4.69) is 44.2 Å². The quantitative estimate of drug-likeness (QED) is 0.00778. The van der Waals surface area contributed by atoms with Crippen molar-refractivity contribution in [3.63, 3.8) is 0 Å². The normalized spacial score (nSPS) is 14.6. The van der Waals surface area contributed by atoms with E-state index in [-0.39, 0.29) is 43.6 Å². The maximum Gasteiger partial charge on any atom is 0.308 e. The van der Waals surface area contributed by atoms with Gasteiger partial charge in [0, 0.05) is 60.6 Å². The van der Waals surface area contributed by atoms with Gasteiger partial charge in [0.2, 0.25) is 17.7 Å². The highest BCUT2D eigenvalue weighted by molar-refractivity contribution is 5.99. The number of nitrogens with one attached hydrogen (secondary N) is 3. The number of azide groups is 1. The van der Waals surface area contributed by atoms with E-state index in [0.29, 0.717) is 84.9 Å². The molecule has 7 N–H and O–H groups in total. The van der Waals surface area contributed by atoms with Gasteiger partial charge in [-0.15, -0.1) is 0 Å². The first kappa shape index (κ1) is 100. The molecule has 0 aliphatic rings. The lowest BCUT2D eigenvalue weighted by molar-refractivity contribution is -0.156. The fraction of sp³-hybridized carbons (Fsp3) is 0.531. The summed E-state index contributed by atoms with van der Waals surface area (Å²) in [7, 11) is 3.02. The largest absolute Gasteiger partial charge is 0.497 e. The number of hydrogen-bond acceptors (Lipinski definition) is 19. The molecule has 10 atom stereocenters. The van der Waals surface area contributed by atoms with Crippen molar-refractivity contribution in [2.75, 3.05) is 40.6 Å². The fourth-order valence-electron chi connectivity index (χ4n) is 14.7. The number of hydrogen-bond donors (Lipinski definition) is 5. The number of esters is 1. The second-order valence-electron chi connectivity index (χ2n) is 36.0. The Bertz CT molecular complexity index is 4560. The number of primary amides is 1. The molecule has 6 aromatic rings. The van der Waals surface area contributed by atoms with Gasteiger partial charge in [-0.25, -0.2) is 4.39 Å². The second-order valence-corrected chi connectivity index (χ2v) is 36.0. The van der Waals surface area contributed by atoms with Crippen LogP contribution in [0.15, 0.2) is 133 Å². The van der Waals surface area contributed by atoms with E-state index in [1.165, 1.54) is 39.3 Å². The summed E-state index contributed by atoms with van der Waals surface area (Å²) in [5, 5.41) is 12.4. The Labute approximate surface area is 720 Å². The molecule has 122 heavy (non-hydrogen) atoms. The highest BCUT2D eigenvalue weighted by Crippen LogP contribution is 2.39. The zero-order valence-corrected chi connectivity index (χ0v) is 75.2. The number of nitrogens with two attached hydrogens (primary N) is 2. The summed E-state index contributed by atoms with van der Waals surface area (Å²) in [4.78, 5) is 138. The summed E-state index contributed by atoms with van der Waals surface area (Å²) in [6.45, 7) is 31.5. The van der Waals surface area contributed by atoms with Gasteiger partial charge in [-0.3, -0.25) is 43.2 Å². The number of nitrogens with zero attached hydrogens (tertiary/aromatic N) is 3. The Morgan fingerprint density at radius 1 is 0.582 bits per heavy atom. The first-order chi connectivity index (χ1) is 57.2. The third kappa shape index (κ3) is 33.5. The molecule has 664 valence electrons. The highest BCUT2D eigenvalue weighted by Gasteiger charge is 2.44. The number of carbonyl (C=O) groups excluding carboxylic acids is 9. The molecule has 6 rings (SSSR count). The number of amides is 4. The number of aryl methyl sites for hydroxylation is 4. The molecule has 26 heteroatoms. The summed E-state index contributed by atoms with van der Waals surface area (Å²) in [5.74, 6) is -8.75. The van der Waals surface area contributed by atoms with Crippen LogP contribution in [0.2, 0.25) is 0 Å². The van der Waals surface area contributed by atoms with Gasteiger partial charge in [-0.1, -0.05) is 115 Å². The number of rotatable bonds is 49. The van der Waals surface area contributed by atoms with E-state index in [4.69, 9.17) is 54.9 Å². The van der Waals surface area contributed by atoms with Gasteiger partial charge in [0.25, 0.3) is 5.91 Å². The van der Waals surface area contributed by atoms with E-state index >= 15 is 33.2 Å². The number of unbranched alkanes of at least 4 members (excludes halogenated alkanes) is 1. The summed E-state index contributed by atoms with van der Waals surface area (Å²) >= 11 is 0. The van der Waals surface area contributed by atoms with Crippen LogP contribution in [0.1, 0.15) is 219 Å². The molecular formula is C96H131FN8O17. The number of carbonyl (C=O) groups is 9. The smallest absolute Gasteiger partial charge is 0.308 e. The Kier molecular flexibility index (Phi) is 38.0. The van der Waals surface area contributed by atoms with E-state index in [1.54, 1.807) is 145 Å². The molecule has 6 aromatic carbocycles. The molecule has 4 amide bonds. The standard InChI is InChI=1S/C96H131FN8O17/c1-21-65-49-73(117-44-25-24-43-101-105-100)40-41-74(65)66-33-31-63(32-34-66)48-69(89(112)102-78(30-26-27-64-46-59(2)45-60(3)47-64)81(107)53-76(75-42-39-72(115-19)52-84(75)116-20)67-35-37-71(38-36-67)118-58-85(98)110)50-80(106)79(54-86(111)122-95(15,16)17)103-90(113)70(57-119-92(6,7)8)51-82(108)88(62(5)121-94(12,13)14)104-91(114)96(18,55-68-28-22-23-29-77(68)97)56-83(109)87(99)61(4)120-93(9,10)11/h22-23,28-29,31-42,45-47,49,52,61-62,69-70,76,78-79,87-88H,21,24-27,30,43-44,48,50-51,53-58,99H2,1-20H3,(H2,98,110)(H,102,112)(H,103,113)(H,104,114)/t61-,62-,69-,70+,76?,78+,79+,87+,88+,96-/m1/s1. The minimum Gasteiger partial charge on any atom is -0.497 e. The monoisotopic (exact) mass is 1690 g/mol. The van der Waals surface area contributed by atoms with Gasteiger partial charge in [0.05, 0.1) is 92.3 Å². The molecule has 0 heterocycles. The van der Waals surface area contributed by atoms with Crippen LogP contribution in [0.5, 0.6) is 23.0 Å². The number of methoxy groups -OCH3 is 2. The van der Waals surface area contributed by atoms with Gasteiger partial charge >= 0.3 is 5.97 Å². The van der Waals surface area contributed by atoms with E-state index in [9.17, 15) is 14.4 Å². The number of benzene rings is 6. The van der Waals surface area contributed by atoms with Crippen LogP contribution in [0.4, 0.5) is 4.39 Å². The van der Waals surface area contributed by atoms with Crippen LogP contribution >= 0.6 is 0 Å². The van der Waals surface area contributed by atoms with Crippen LogP contribution < -0.4 is 46.4 Å². The van der Waals surface area contributed by atoms with Crippen LogP contribution in [-0.4, -0.2) is 152 Å². The topological polar surface area (TPSA) is 364 Å². The van der Waals surface area contributed by atoms with Gasteiger partial charge < -0.3 is 65.3 Å². The van der Waals surface area contributed by atoms with Crippen LogP contribution in [0.3, 0.4) is 0 Å². The predicted molar refractivity (Wildman–Crippen MR) is 469 cm³/mol. The highest BCUT2D eigenvalue weighted by atomic mass is 19.1. The zero-order chi connectivity index (χ0) is 90.6. The number of ether oxygens (including phenoxy) is 8. The fourth-order valence-corrected chi connectivity index (χ4v) is 14.7. The Morgan fingerprint density at radius 2 is 1.19 bits per heavy atom. The third-order valence-electron chi connectivity index (χ3n) is 20.6. The van der Waals surface area contributed by atoms with Gasteiger partial charge in [-0.05, 0) is 243 Å². The average Bonchev–Trinajstić information content (AvgIpc) is 0.631. The van der Waals surface area contributed by atoms with E-state index < -0.39 is 167 Å². The molecule has 0 radical (unpaired) electrons. The lowest BCUT2D eigenvalue weighted by Gasteiger charge is -2.36. The summed E-state index contributed by atoms with van der Waals surface area (Å²) in [6.07, 6.45) is -2.07. The molecule has 0 spiro atoms. The number of halogens is 1. The molecule has 0 bridgehead atoms. The lowest BCUT2D eigenvalue weighted by Crippen LogP contribution is -2.56. The summed E-state index contributed by atoms with van der Waals surface area (Å²) in [5.41, 5.74) is 23.1. The van der Waals surface area contributed by atoms with Crippen molar-refractivity contribution < 1.29 is 85.4 Å². The van der Waals surface area contributed by atoms with Crippen molar-refractivity contribution in [1.82, 2.24) is 16.0 Å². The van der Waals surface area contributed by atoms with Crippen molar-refractivity contribution in [2.24, 2.45) is 33.8 Å². The van der Waals surface area contributed by atoms with Crippen molar-refractivity contribution in [3.8, 4) is 34.1 Å². The zero-order valence-electron chi connectivity index (χ0n) is 75.2. The summed E-state index contributed by atoms with van der Waals surface area (Å²) < 4.78 is 63.7. The lowest BCUT2D eigenvalue weighted by atomic mass is 9.76. The first-order valence-electron chi connectivity index (χ1n) is 42.1. The van der Waals surface area contributed by atoms with Gasteiger partial charge in [0.1, 0.15) is 40.5 Å². The van der Waals surface area contributed by atoms with E-state index in [1.807, 2.05) is 63.2 Å². The molecule has 0 saturated carbocycles. The molecule has 0 aromatic heterocycles. The minimum absolute atomic E-state index is 0.104. The second kappa shape index (κ2) is 46.2. The minimum atomic E-state index is -1.77. The molecule has 0 aliphatic carbocycles. The molecular weight excluding hydrogens is 1560 g/mol. The molecule has 1 unspecified atom stereocenters. The maximum atomic E-state index is 16.0. The van der Waals surface area contributed by atoms with Gasteiger partial charge in [0.15, 0.2) is 29.7 Å². The van der Waals surface area contributed by atoms with Crippen molar-refractivity contribution >= 4 is 52.7 Å². The SMILES string of the molecule is CCc1cc(OCCCCN=[N+]=[N-])ccc1-c1ccc(C[C@H](CC(=O)[C@H](CC(=O)OC(C)(C)C)NC(=O)[C@H](COC(C)(C)C)CC(=O)[C@@H](NC(=O)[C@@](C)(CC(=O)[C@@H](N)[C@@H](C)OC(C)(C)C)Cc2ccccc2F)[C@@H](C)OC(C)(C)C)C(=O)N[C@@H](CCCc2cc(C)cc(C)c2)C(=O)CC(c2ccc(OCC(N)=O)cc2)c2ccc(OC)cc2OC)cc1. The first-order valence-corrected chi connectivity index (χ1v) is 42.1. The Morgan fingerprint density at radius 3 is 1.79 bits per heavy atom. The summed E-state index contributed by atoms with van der Waals surface area (Å²) in [6, 6.07) is 31.7. The third-order valence-corrected chi connectivity index (χ3v) is 20.6. The molecule has 0 aliphatic heterocycles. The van der Waals surface area contributed by atoms with Crippen molar-refractivity contribution in [3.05, 3.63) is 188 Å². The van der Waals surface area contributed by atoms with E-state index in [0.717, 1.165) is 33.4 Å². The number of Topliss-reactive ketones (excluding diaryl/α,β-unsaturated/α-hetero) is 4. The molecule has 0 fully saturated rings. The van der Waals surface area contributed by atoms with Crippen molar-refractivity contribution in [1.29, 1.82) is 0 Å². The molecule has 25 nitrogen and oxygen atoms in total. The Balaban J connectivity index is 1.47. The average molecular weight is 1690 g/mol. The van der Waals surface area contributed by atoms with Gasteiger partial charge in [-0.2, -0.15) is 0 Å². The maximum absolute atomic E-state index is 16.0. The van der Waals surface area contributed by atoms with Crippen LogP contribution in [-0.2, 0) is 87.8 Å². The molecule has 0 saturated heterocycles. The van der Waals surface area contributed by atoms with Crippen LogP contribution in [0.25, 0.3) is 21.6 Å². The van der Waals surface area contributed by atoms with Crippen LogP contribution in [0, 0.1) is 36.9 Å². The van der Waals surface area contributed by atoms with Crippen molar-refractivity contribution in [2.45, 2.75) is 273 Å². The Hall–Kier alpha value is -10.4.